The average Bonchev–Trinajstić information content (AvgIpc) is 2.92. The fourth-order valence-corrected chi connectivity index (χ4v) is 7.90. The zero-order chi connectivity index (χ0) is 34.8. The van der Waals surface area contributed by atoms with Gasteiger partial charge in [0.05, 0.1) is 17.1 Å². The Morgan fingerprint density at radius 1 is 0.978 bits per heavy atom. The van der Waals surface area contributed by atoms with E-state index in [0.29, 0.717) is 12.8 Å². The molecule has 2 aliphatic carbocycles. The molecule has 4 rings (SSSR count). The molecule has 0 aromatic heterocycles. The Balaban J connectivity index is 2.08. The van der Waals surface area contributed by atoms with Crippen LogP contribution in [0.3, 0.4) is 0 Å². The summed E-state index contributed by atoms with van der Waals surface area (Å²) in [6, 6.07) is 3.67. The van der Waals surface area contributed by atoms with Gasteiger partial charge >= 0.3 is 0 Å². The zero-order valence-corrected chi connectivity index (χ0v) is 29.1. The molecule has 0 unspecified atom stereocenters. The first-order valence-corrected chi connectivity index (χ1v) is 16.3. The molecule has 1 spiro atoms. The van der Waals surface area contributed by atoms with E-state index in [2.05, 4.69) is 6.08 Å². The van der Waals surface area contributed by atoms with Crippen molar-refractivity contribution in [3.63, 3.8) is 0 Å². The van der Waals surface area contributed by atoms with Crippen molar-refractivity contribution in [3.05, 3.63) is 58.4 Å². The summed E-state index contributed by atoms with van der Waals surface area (Å²) < 4.78 is 6.72. The van der Waals surface area contributed by atoms with Gasteiger partial charge < -0.3 is 25.2 Å². The monoisotopic (exact) mass is 636 g/mol. The Morgan fingerprint density at radius 3 is 2.11 bits per heavy atom. The van der Waals surface area contributed by atoms with Crippen molar-refractivity contribution in [2.24, 2.45) is 28.1 Å². The van der Waals surface area contributed by atoms with Gasteiger partial charge in [-0.2, -0.15) is 0 Å². The number of aliphatic hydroxyl groups excluding tert-OH is 1. The molecule has 8 heteroatoms. The summed E-state index contributed by atoms with van der Waals surface area (Å²) in [4.78, 5) is 45.1. The largest absolute Gasteiger partial charge is 0.504 e. The lowest BCUT2D eigenvalue weighted by Crippen LogP contribution is -2.69. The topological polar surface area (TPSA) is 141 Å². The van der Waals surface area contributed by atoms with Crippen molar-refractivity contribution in [2.45, 2.75) is 119 Å². The van der Waals surface area contributed by atoms with Crippen LogP contribution in [0, 0.1) is 28.1 Å². The minimum Gasteiger partial charge on any atom is -0.504 e. The molecule has 1 aromatic rings. The molecule has 0 amide bonds. The number of ether oxygens (including phenoxy) is 1. The molecule has 1 aromatic carbocycles. The maximum absolute atomic E-state index is 15.4. The van der Waals surface area contributed by atoms with E-state index in [-0.39, 0.29) is 47.9 Å². The summed E-state index contributed by atoms with van der Waals surface area (Å²) >= 11 is 0. The number of rotatable bonds is 9. The molecule has 1 heterocycles. The molecule has 252 valence electrons. The summed E-state index contributed by atoms with van der Waals surface area (Å²) in [5.41, 5.74) is -4.38. The van der Waals surface area contributed by atoms with Crippen LogP contribution in [-0.4, -0.2) is 55.1 Å². The highest BCUT2D eigenvalue weighted by molar-refractivity contribution is 6.35. The molecule has 4 N–H and O–H groups in total. The normalized spacial score (nSPS) is 29.0. The van der Waals surface area contributed by atoms with Crippen LogP contribution in [0.15, 0.2) is 52.8 Å². The third-order valence-electron chi connectivity index (χ3n) is 11.2. The van der Waals surface area contributed by atoms with Crippen molar-refractivity contribution in [1.29, 1.82) is 0 Å². The van der Waals surface area contributed by atoms with Gasteiger partial charge in [0.25, 0.3) is 0 Å². The van der Waals surface area contributed by atoms with Gasteiger partial charge in [-0.3, -0.25) is 14.4 Å². The summed E-state index contributed by atoms with van der Waals surface area (Å²) in [6.07, 6.45) is 4.36. The summed E-state index contributed by atoms with van der Waals surface area (Å²) in [6.45, 7) is 18.5. The Morgan fingerprint density at radius 2 is 1.57 bits per heavy atom. The number of Topliss-reactive ketones (excluding diaryl/α,β-unsaturated/α-hetero) is 3. The Labute approximate surface area is 273 Å². The second-order valence-corrected chi connectivity index (χ2v) is 16.0. The highest BCUT2D eigenvalue weighted by Gasteiger charge is 2.74. The number of phenolic OH excluding ortho intramolecular Hbond substituents is 2. The fraction of sp³-hybridized carbons (Fsp3) is 0.605. The van der Waals surface area contributed by atoms with Crippen molar-refractivity contribution in [1.82, 2.24) is 0 Å². The number of hydrogen-bond acceptors (Lipinski definition) is 8. The van der Waals surface area contributed by atoms with E-state index >= 15 is 9.59 Å². The van der Waals surface area contributed by atoms with Gasteiger partial charge in [-0.05, 0) is 117 Å². The first kappa shape index (κ1) is 35.6. The highest BCUT2D eigenvalue weighted by Crippen LogP contribution is 2.69. The van der Waals surface area contributed by atoms with Crippen molar-refractivity contribution >= 4 is 17.3 Å². The molecular formula is C38H52O8. The van der Waals surface area contributed by atoms with Gasteiger partial charge in [0, 0.05) is 11.5 Å². The standard InChI is InChI=1S/C38H52O8/c1-21(2)11-13-24-19-37-20-25(18-28(41)35(7,8)45)36(9,10)46-32(37)29(30(42)23-12-14-26(39)27(40)17-23)31(43)38(33(37)44,34(24,5)6)16-15-22(3)4/h11-12,14-15,17,24-25,28,39-41,45H,13,16,18-20H2,1-10H3/t24-,25-,28-,37-,38-/m0/s1. The van der Waals surface area contributed by atoms with Gasteiger partial charge in [0.2, 0.25) is 0 Å². The fourth-order valence-electron chi connectivity index (χ4n) is 7.90. The number of allylic oxidation sites excluding steroid dienone is 6. The van der Waals surface area contributed by atoms with E-state index in [4.69, 9.17) is 4.74 Å². The van der Waals surface area contributed by atoms with Gasteiger partial charge in [0.15, 0.2) is 28.8 Å². The minimum absolute atomic E-state index is 0.00837. The first-order chi connectivity index (χ1) is 21.0. The molecule has 2 bridgehead atoms. The summed E-state index contributed by atoms with van der Waals surface area (Å²) in [5.74, 6) is -2.92. The highest BCUT2D eigenvalue weighted by atomic mass is 16.5. The van der Waals surface area contributed by atoms with Crippen LogP contribution in [0.4, 0.5) is 0 Å². The van der Waals surface area contributed by atoms with Crippen LogP contribution < -0.4 is 0 Å². The number of aliphatic hydroxyl groups is 2. The van der Waals surface area contributed by atoms with Crippen molar-refractivity contribution < 1.29 is 39.5 Å². The van der Waals surface area contributed by atoms with Crippen LogP contribution in [0.25, 0.3) is 0 Å². The van der Waals surface area contributed by atoms with E-state index < -0.39 is 62.5 Å². The van der Waals surface area contributed by atoms with Crippen LogP contribution >= 0.6 is 0 Å². The van der Waals surface area contributed by atoms with Crippen molar-refractivity contribution in [2.75, 3.05) is 0 Å². The Kier molecular flexibility index (Phi) is 9.12. The van der Waals surface area contributed by atoms with E-state index in [9.17, 15) is 25.2 Å². The lowest BCUT2D eigenvalue weighted by atomic mass is 9.39. The predicted molar refractivity (Wildman–Crippen MR) is 176 cm³/mol. The summed E-state index contributed by atoms with van der Waals surface area (Å²) in [5, 5.41) is 41.9. The van der Waals surface area contributed by atoms with Gasteiger partial charge in [-0.1, -0.05) is 37.1 Å². The number of carbonyl (C=O) groups excluding carboxylic acids is 3. The molecule has 1 saturated heterocycles. The van der Waals surface area contributed by atoms with Gasteiger partial charge in [0.1, 0.15) is 22.3 Å². The second-order valence-electron chi connectivity index (χ2n) is 16.0. The number of ketones is 3. The predicted octanol–water partition coefficient (Wildman–Crippen LogP) is 6.75. The van der Waals surface area contributed by atoms with E-state index in [1.165, 1.54) is 26.0 Å². The zero-order valence-electron chi connectivity index (χ0n) is 29.1. The molecule has 1 aliphatic heterocycles. The van der Waals surface area contributed by atoms with Gasteiger partial charge in [-0.15, -0.1) is 0 Å². The van der Waals surface area contributed by atoms with Crippen molar-refractivity contribution in [3.8, 4) is 11.5 Å². The SMILES string of the molecule is CC(C)=CC[C@H]1C[C@]23C[C@H](C[C@H](O)C(C)(C)O)C(C)(C)OC2=C(C(=O)c2ccc(O)c(O)c2)C(=O)[C@@](CC=C(C)C)(C3=O)C1(C)C. The number of carbonyl (C=O) groups is 3. The van der Waals surface area contributed by atoms with Crippen LogP contribution in [-0.2, 0) is 14.3 Å². The number of aromatic hydroxyl groups is 2. The first-order valence-electron chi connectivity index (χ1n) is 16.3. The number of hydrogen-bond donors (Lipinski definition) is 4. The maximum Gasteiger partial charge on any atom is 0.200 e. The lowest BCUT2D eigenvalue weighted by Gasteiger charge is -2.64. The lowest BCUT2D eigenvalue weighted by molar-refractivity contribution is -0.192. The van der Waals surface area contributed by atoms with Crippen LogP contribution in [0.1, 0.15) is 112 Å². The number of phenols is 2. The molecular weight excluding hydrogens is 584 g/mol. The average molecular weight is 637 g/mol. The smallest absolute Gasteiger partial charge is 0.200 e. The molecule has 5 atom stereocenters. The second kappa shape index (κ2) is 11.8. The number of benzene rings is 1. The number of fused-ring (bicyclic) bond motifs is 1. The molecule has 0 radical (unpaired) electrons. The van der Waals surface area contributed by atoms with Crippen LogP contribution in [0.5, 0.6) is 11.5 Å². The van der Waals surface area contributed by atoms with Crippen LogP contribution in [0.2, 0.25) is 0 Å². The quantitative estimate of drug-likeness (QED) is 0.0767. The molecule has 3 aliphatic rings. The Hall–Kier alpha value is -3.23. The molecule has 46 heavy (non-hydrogen) atoms. The Bertz CT molecular complexity index is 1530. The molecule has 8 nitrogen and oxygen atoms in total. The van der Waals surface area contributed by atoms with E-state index in [1.807, 2.05) is 61.5 Å². The third kappa shape index (κ3) is 5.66. The summed E-state index contributed by atoms with van der Waals surface area (Å²) in [7, 11) is 0. The minimum atomic E-state index is -1.60. The van der Waals surface area contributed by atoms with E-state index in [1.54, 1.807) is 0 Å². The van der Waals surface area contributed by atoms with Gasteiger partial charge in [-0.25, -0.2) is 0 Å². The van der Waals surface area contributed by atoms with E-state index in [0.717, 1.165) is 17.2 Å². The maximum atomic E-state index is 15.4. The molecule has 2 fully saturated rings. The molecule has 1 saturated carbocycles. The third-order valence-corrected chi connectivity index (χ3v) is 11.2.